The Kier molecular flexibility index (Phi) is 3.75. The summed E-state index contributed by atoms with van der Waals surface area (Å²) in [5.74, 6) is 1.30. The molecular formula is C12H13N5S. The average Bonchev–Trinajstić information content (AvgIpc) is 2.76. The molecule has 5 nitrogen and oxygen atoms in total. The summed E-state index contributed by atoms with van der Waals surface area (Å²) in [5, 5.41) is 13.1. The fourth-order valence-electron chi connectivity index (χ4n) is 1.54. The van der Waals surface area contributed by atoms with Crippen molar-refractivity contribution in [3.05, 3.63) is 34.3 Å². The van der Waals surface area contributed by atoms with Crippen LogP contribution in [0.15, 0.2) is 23.8 Å². The van der Waals surface area contributed by atoms with Gasteiger partial charge < -0.3 is 4.90 Å². The minimum atomic E-state index is 0.511. The predicted molar refractivity (Wildman–Crippen MR) is 72.4 cm³/mol. The first-order valence-electron chi connectivity index (χ1n) is 5.42. The maximum absolute atomic E-state index is 8.56. The molecule has 2 heterocycles. The number of aryl methyl sites for hydroxylation is 1. The fraction of sp³-hybridized carbons (Fsp3) is 0.250. The second kappa shape index (κ2) is 5.47. The van der Waals surface area contributed by atoms with E-state index in [2.05, 4.69) is 33.7 Å². The molecule has 0 spiro atoms. The summed E-state index contributed by atoms with van der Waals surface area (Å²) in [6, 6.07) is 3.86. The highest BCUT2D eigenvalue weighted by molar-refractivity contribution is 7.10. The zero-order valence-corrected chi connectivity index (χ0v) is 11.0. The molecule has 1 N–H and O–H groups in total. The van der Waals surface area contributed by atoms with E-state index in [-0.39, 0.29) is 0 Å². The predicted octanol–water partition coefficient (Wildman–Crippen LogP) is 2.38. The van der Waals surface area contributed by atoms with Crippen molar-refractivity contribution < 1.29 is 0 Å². The number of nitrogens with one attached hydrogen (secondary N) is 1. The SMILES string of the molecule is Cc1ccsc1CN(C)c1cc(NC#N)ncn1. The third-order valence-electron chi connectivity index (χ3n) is 2.58. The lowest BCUT2D eigenvalue weighted by Gasteiger charge is -2.17. The van der Waals surface area contributed by atoms with Gasteiger partial charge in [-0.05, 0) is 23.9 Å². The van der Waals surface area contributed by atoms with E-state index >= 15 is 0 Å². The molecule has 0 atom stereocenters. The number of nitrogens with zero attached hydrogens (tertiary/aromatic N) is 4. The smallest absolute Gasteiger partial charge is 0.182 e. The van der Waals surface area contributed by atoms with Gasteiger partial charge in [-0.25, -0.2) is 9.97 Å². The quantitative estimate of drug-likeness (QED) is 0.674. The van der Waals surface area contributed by atoms with Crippen molar-refractivity contribution in [2.24, 2.45) is 0 Å². The van der Waals surface area contributed by atoms with Gasteiger partial charge in [0, 0.05) is 18.0 Å². The number of hydrogen-bond acceptors (Lipinski definition) is 6. The van der Waals surface area contributed by atoms with Crippen LogP contribution in [0, 0.1) is 18.4 Å². The lowest BCUT2D eigenvalue weighted by Crippen LogP contribution is -2.17. The third-order valence-corrected chi connectivity index (χ3v) is 3.58. The van der Waals surface area contributed by atoms with Crippen LogP contribution in [0.1, 0.15) is 10.4 Å². The van der Waals surface area contributed by atoms with Crippen LogP contribution in [-0.4, -0.2) is 17.0 Å². The maximum atomic E-state index is 8.56. The Morgan fingerprint density at radius 3 is 3.00 bits per heavy atom. The van der Waals surface area contributed by atoms with Crippen LogP contribution in [0.5, 0.6) is 0 Å². The Morgan fingerprint density at radius 1 is 1.50 bits per heavy atom. The van der Waals surface area contributed by atoms with Crippen molar-refractivity contribution in [3.8, 4) is 6.19 Å². The van der Waals surface area contributed by atoms with Gasteiger partial charge in [-0.1, -0.05) is 0 Å². The van der Waals surface area contributed by atoms with Crippen molar-refractivity contribution in [1.82, 2.24) is 9.97 Å². The Hall–Kier alpha value is -2.13. The third kappa shape index (κ3) is 2.76. The highest BCUT2D eigenvalue weighted by Crippen LogP contribution is 2.20. The van der Waals surface area contributed by atoms with E-state index in [0.717, 1.165) is 12.4 Å². The molecule has 2 rings (SSSR count). The van der Waals surface area contributed by atoms with Gasteiger partial charge in [-0.2, -0.15) is 5.26 Å². The summed E-state index contributed by atoms with van der Waals surface area (Å²) in [6.45, 7) is 2.90. The first-order valence-corrected chi connectivity index (χ1v) is 6.30. The van der Waals surface area contributed by atoms with Gasteiger partial charge >= 0.3 is 0 Å². The van der Waals surface area contributed by atoms with Crippen molar-refractivity contribution >= 4 is 23.0 Å². The van der Waals surface area contributed by atoms with Crippen molar-refractivity contribution in [2.75, 3.05) is 17.3 Å². The summed E-state index contributed by atoms with van der Waals surface area (Å²) >= 11 is 1.73. The van der Waals surface area contributed by atoms with Gasteiger partial charge in [-0.3, -0.25) is 5.32 Å². The van der Waals surface area contributed by atoms with Crippen molar-refractivity contribution in [1.29, 1.82) is 5.26 Å². The lowest BCUT2D eigenvalue weighted by atomic mass is 10.3. The monoisotopic (exact) mass is 259 g/mol. The molecule has 6 heteroatoms. The zero-order chi connectivity index (χ0) is 13.0. The van der Waals surface area contributed by atoms with E-state index in [1.54, 1.807) is 17.4 Å². The molecule has 0 bridgehead atoms. The molecule has 0 aliphatic carbocycles. The minimum absolute atomic E-state index is 0.511. The largest absolute Gasteiger partial charge is 0.354 e. The molecule has 0 fully saturated rings. The number of nitriles is 1. The standard InChI is InChI=1S/C12H13N5S/c1-9-3-4-18-10(9)6-17(2)12-5-11(14-7-13)15-8-16-12/h3-5,8H,6H2,1-2H3,(H,14,15,16). The van der Waals surface area contributed by atoms with Crippen LogP contribution < -0.4 is 10.2 Å². The maximum Gasteiger partial charge on any atom is 0.182 e. The van der Waals surface area contributed by atoms with Crippen molar-refractivity contribution in [3.63, 3.8) is 0 Å². The van der Waals surface area contributed by atoms with Crippen molar-refractivity contribution in [2.45, 2.75) is 13.5 Å². The molecular weight excluding hydrogens is 246 g/mol. The minimum Gasteiger partial charge on any atom is -0.354 e. The molecule has 0 aromatic carbocycles. The fourth-order valence-corrected chi connectivity index (χ4v) is 2.50. The van der Waals surface area contributed by atoms with E-state index in [0.29, 0.717) is 5.82 Å². The first-order chi connectivity index (χ1) is 8.70. The summed E-state index contributed by atoms with van der Waals surface area (Å²) in [4.78, 5) is 11.5. The molecule has 0 aliphatic heterocycles. The number of rotatable bonds is 4. The van der Waals surface area contributed by atoms with Crippen LogP contribution in [0.25, 0.3) is 0 Å². The van der Waals surface area contributed by atoms with E-state index in [9.17, 15) is 0 Å². The zero-order valence-electron chi connectivity index (χ0n) is 10.2. The van der Waals surface area contributed by atoms with Crippen LogP contribution in [0.2, 0.25) is 0 Å². The lowest BCUT2D eigenvalue weighted by molar-refractivity contribution is 0.900. The van der Waals surface area contributed by atoms with Gasteiger partial charge in [0.2, 0.25) is 0 Å². The first kappa shape index (κ1) is 12.3. The van der Waals surface area contributed by atoms with Gasteiger partial charge in [0.1, 0.15) is 18.0 Å². The molecule has 0 unspecified atom stereocenters. The molecule has 0 saturated carbocycles. The molecule has 2 aromatic rings. The number of aromatic nitrogens is 2. The molecule has 0 saturated heterocycles. The number of anilines is 2. The van der Waals surface area contributed by atoms with Crippen LogP contribution in [0.3, 0.4) is 0 Å². The van der Waals surface area contributed by atoms with Gasteiger partial charge in [0.25, 0.3) is 0 Å². The highest BCUT2D eigenvalue weighted by atomic mass is 32.1. The Balaban J connectivity index is 2.14. The van der Waals surface area contributed by atoms with E-state index in [4.69, 9.17) is 5.26 Å². The second-order valence-electron chi connectivity index (χ2n) is 3.88. The molecule has 0 amide bonds. The van der Waals surface area contributed by atoms with Crippen LogP contribution in [0.4, 0.5) is 11.6 Å². The van der Waals surface area contributed by atoms with Gasteiger partial charge in [0.15, 0.2) is 6.19 Å². The van der Waals surface area contributed by atoms with E-state index in [1.165, 1.54) is 16.8 Å². The second-order valence-corrected chi connectivity index (χ2v) is 4.88. The average molecular weight is 259 g/mol. The molecule has 92 valence electrons. The number of hydrogen-bond donors (Lipinski definition) is 1. The number of thiophene rings is 1. The van der Waals surface area contributed by atoms with E-state index < -0.39 is 0 Å². The Bertz CT molecular complexity index is 572. The Morgan fingerprint density at radius 2 is 2.33 bits per heavy atom. The normalized spacial score (nSPS) is 9.83. The summed E-state index contributed by atoms with van der Waals surface area (Å²) in [5.41, 5.74) is 1.29. The van der Waals surface area contributed by atoms with E-state index in [1.807, 2.05) is 18.1 Å². The Labute approximate surface area is 110 Å². The molecule has 0 aliphatic rings. The topological polar surface area (TPSA) is 64.8 Å². The van der Waals surface area contributed by atoms with Gasteiger partial charge in [0.05, 0.1) is 6.54 Å². The molecule has 18 heavy (non-hydrogen) atoms. The van der Waals surface area contributed by atoms with Crippen LogP contribution in [-0.2, 0) is 6.54 Å². The summed E-state index contributed by atoms with van der Waals surface area (Å²) in [7, 11) is 1.97. The van der Waals surface area contributed by atoms with Crippen LogP contribution >= 0.6 is 11.3 Å². The summed E-state index contributed by atoms with van der Waals surface area (Å²) < 4.78 is 0. The summed E-state index contributed by atoms with van der Waals surface area (Å²) in [6.07, 6.45) is 3.30. The highest BCUT2D eigenvalue weighted by Gasteiger charge is 2.07. The van der Waals surface area contributed by atoms with Gasteiger partial charge in [-0.15, -0.1) is 11.3 Å². The molecule has 2 aromatic heterocycles. The molecule has 0 radical (unpaired) electrons.